The molecular weight excluding hydrogens is 430 g/mol. The van der Waals surface area contributed by atoms with Gasteiger partial charge < -0.3 is 5.32 Å². The maximum absolute atomic E-state index is 12.1. The van der Waals surface area contributed by atoms with Gasteiger partial charge in [-0.15, -0.1) is 11.3 Å². The Balaban J connectivity index is 1.95. The fourth-order valence-electron chi connectivity index (χ4n) is 2.05. The first-order valence-electron chi connectivity index (χ1n) is 7.22. The van der Waals surface area contributed by atoms with E-state index in [0.717, 1.165) is 9.35 Å². The topological polar surface area (TPSA) is 87.3 Å². The zero-order valence-electron chi connectivity index (χ0n) is 13.1. The predicted molar refractivity (Wildman–Crippen MR) is 100 cm³/mol. The lowest BCUT2D eigenvalue weighted by Crippen LogP contribution is -2.43. The highest BCUT2D eigenvalue weighted by Gasteiger charge is 2.18. The lowest BCUT2D eigenvalue weighted by Gasteiger charge is -2.18. The normalized spacial score (nSPS) is 11.5. The third-order valence-corrected chi connectivity index (χ3v) is 5.03. The Morgan fingerprint density at radius 1 is 1.12 bits per heavy atom. The van der Waals surface area contributed by atoms with Gasteiger partial charge in [0.25, 0.3) is 5.91 Å². The molecule has 1 unspecified atom stereocenters. The Bertz CT molecular complexity index is 779. The van der Waals surface area contributed by atoms with E-state index in [4.69, 9.17) is 11.6 Å². The number of thiophene rings is 1. The lowest BCUT2D eigenvalue weighted by molar-refractivity contribution is -0.123. The van der Waals surface area contributed by atoms with E-state index < -0.39 is 17.9 Å². The van der Waals surface area contributed by atoms with Crippen molar-refractivity contribution in [2.75, 3.05) is 0 Å². The van der Waals surface area contributed by atoms with Crippen LogP contribution in [0.1, 0.15) is 34.6 Å². The van der Waals surface area contributed by atoms with Crippen molar-refractivity contribution in [3.8, 4) is 0 Å². The quantitative estimate of drug-likeness (QED) is 0.619. The van der Waals surface area contributed by atoms with Crippen LogP contribution in [0.2, 0.25) is 5.02 Å². The van der Waals surface area contributed by atoms with E-state index in [1.165, 1.54) is 18.3 Å². The zero-order valence-corrected chi connectivity index (χ0v) is 16.3. The van der Waals surface area contributed by atoms with Crippen molar-refractivity contribution in [2.24, 2.45) is 0 Å². The Kier molecular flexibility index (Phi) is 6.98. The molecule has 0 fully saturated rings. The molecular formula is C16H15BrClN3O3S. The number of rotatable bonds is 5. The number of carbonyl (C=O) groups is 3. The minimum atomic E-state index is -0.525. The summed E-state index contributed by atoms with van der Waals surface area (Å²) in [5.41, 5.74) is 5.44. The first kappa shape index (κ1) is 19.4. The average molecular weight is 445 g/mol. The number of benzene rings is 1. The number of hydrazine groups is 1. The van der Waals surface area contributed by atoms with Crippen LogP contribution < -0.4 is 16.2 Å². The fourth-order valence-corrected chi connectivity index (χ4v) is 3.46. The second kappa shape index (κ2) is 8.98. The molecule has 0 spiro atoms. The SMILES string of the molecule is CC(=O)NC(CC(=O)NNC(=O)c1ccc(Br)s1)c1ccc(Cl)cc1. The van der Waals surface area contributed by atoms with Crippen molar-refractivity contribution < 1.29 is 14.4 Å². The Labute approximate surface area is 162 Å². The highest BCUT2D eigenvalue weighted by molar-refractivity contribution is 9.11. The van der Waals surface area contributed by atoms with Gasteiger partial charge in [-0.2, -0.15) is 0 Å². The van der Waals surface area contributed by atoms with Gasteiger partial charge in [0, 0.05) is 11.9 Å². The first-order valence-corrected chi connectivity index (χ1v) is 9.21. The van der Waals surface area contributed by atoms with Gasteiger partial charge in [-0.1, -0.05) is 23.7 Å². The number of hydrogen-bond donors (Lipinski definition) is 3. The molecule has 6 nitrogen and oxygen atoms in total. The number of carbonyl (C=O) groups excluding carboxylic acids is 3. The Hall–Kier alpha value is -1.90. The summed E-state index contributed by atoms with van der Waals surface area (Å²) in [6.45, 7) is 1.37. The van der Waals surface area contributed by atoms with Gasteiger partial charge in [-0.25, -0.2) is 0 Å². The molecule has 2 rings (SSSR count). The molecule has 132 valence electrons. The second-order valence-corrected chi connectivity index (χ2v) is 8.01. The highest BCUT2D eigenvalue weighted by atomic mass is 79.9. The van der Waals surface area contributed by atoms with Crippen LogP contribution in [0.5, 0.6) is 0 Å². The lowest BCUT2D eigenvalue weighted by atomic mass is 10.0. The molecule has 3 amide bonds. The van der Waals surface area contributed by atoms with Gasteiger partial charge in [-0.05, 0) is 45.8 Å². The van der Waals surface area contributed by atoms with Gasteiger partial charge in [-0.3, -0.25) is 25.2 Å². The third kappa shape index (κ3) is 6.15. The number of hydrogen-bond acceptors (Lipinski definition) is 4. The van der Waals surface area contributed by atoms with Crippen LogP contribution in [0.15, 0.2) is 40.2 Å². The summed E-state index contributed by atoms with van der Waals surface area (Å²) < 4.78 is 0.817. The van der Waals surface area contributed by atoms with Gasteiger partial charge in [0.1, 0.15) is 0 Å². The molecule has 1 aromatic carbocycles. The first-order chi connectivity index (χ1) is 11.8. The number of nitrogens with one attached hydrogen (secondary N) is 3. The van der Waals surface area contributed by atoms with Crippen LogP contribution in [0.4, 0.5) is 0 Å². The van der Waals surface area contributed by atoms with E-state index in [-0.39, 0.29) is 12.3 Å². The maximum atomic E-state index is 12.1. The summed E-state index contributed by atoms with van der Waals surface area (Å²) >= 11 is 10.4. The number of halogens is 2. The van der Waals surface area contributed by atoms with Crippen LogP contribution in [-0.4, -0.2) is 17.7 Å². The van der Waals surface area contributed by atoms with Gasteiger partial charge in [0.15, 0.2) is 0 Å². The molecule has 2 aromatic rings. The van der Waals surface area contributed by atoms with Crippen molar-refractivity contribution in [3.05, 3.63) is 55.6 Å². The van der Waals surface area contributed by atoms with E-state index >= 15 is 0 Å². The Morgan fingerprint density at radius 3 is 2.36 bits per heavy atom. The summed E-state index contributed by atoms with van der Waals surface area (Å²) in [6, 6.07) is 9.69. The molecule has 1 atom stereocenters. The standard InChI is InChI=1S/C16H15BrClN3O3S/c1-9(22)19-12(10-2-4-11(18)5-3-10)8-15(23)20-21-16(24)13-6-7-14(17)25-13/h2-7,12H,8H2,1H3,(H,19,22)(H,20,23)(H,21,24). The van der Waals surface area contributed by atoms with E-state index in [1.54, 1.807) is 36.4 Å². The van der Waals surface area contributed by atoms with Crippen molar-refractivity contribution >= 4 is 56.6 Å². The van der Waals surface area contributed by atoms with E-state index in [9.17, 15) is 14.4 Å². The third-order valence-electron chi connectivity index (χ3n) is 3.15. The molecule has 1 aromatic heterocycles. The second-order valence-electron chi connectivity index (χ2n) is 5.11. The molecule has 0 aliphatic rings. The molecule has 0 aliphatic heterocycles. The smallest absolute Gasteiger partial charge is 0.279 e. The van der Waals surface area contributed by atoms with Gasteiger partial charge in [0.2, 0.25) is 11.8 Å². The largest absolute Gasteiger partial charge is 0.349 e. The van der Waals surface area contributed by atoms with E-state index in [0.29, 0.717) is 9.90 Å². The molecule has 3 N–H and O–H groups in total. The minimum Gasteiger partial charge on any atom is -0.349 e. The molecule has 0 saturated carbocycles. The van der Waals surface area contributed by atoms with Crippen molar-refractivity contribution in [1.82, 2.24) is 16.2 Å². The van der Waals surface area contributed by atoms with Crippen LogP contribution in [-0.2, 0) is 9.59 Å². The monoisotopic (exact) mass is 443 g/mol. The van der Waals surface area contributed by atoms with Crippen molar-refractivity contribution in [3.63, 3.8) is 0 Å². The number of amides is 3. The molecule has 0 radical (unpaired) electrons. The maximum Gasteiger partial charge on any atom is 0.279 e. The van der Waals surface area contributed by atoms with Crippen molar-refractivity contribution in [1.29, 1.82) is 0 Å². The Morgan fingerprint density at radius 2 is 1.80 bits per heavy atom. The van der Waals surface area contributed by atoms with Crippen LogP contribution in [0.25, 0.3) is 0 Å². The van der Waals surface area contributed by atoms with Crippen LogP contribution >= 0.6 is 38.9 Å². The molecule has 0 bridgehead atoms. The highest BCUT2D eigenvalue weighted by Crippen LogP contribution is 2.22. The van der Waals surface area contributed by atoms with Crippen LogP contribution in [0.3, 0.4) is 0 Å². The van der Waals surface area contributed by atoms with E-state index in [1.807, 2.05) is 0 Å². The van der Waals surface area contributed by atoms with E-state index in [2.05, 4.69) is 32.1 Å². The molecule has 9 heteroatoms. The molecule has 0 aliphatic carbocycles. The average Bonchev–Trinajstić information content (AvgIpc) is 2.99. The molecule has 25 heavy (non-hydrogen) atoms. The van der Waals surface area contributed by atoms with Gasteiger partial charge in [0.05, 0.1) is 21.1 Å². The summed E-state index contributed by atoms with van der Waals surface area (Å²) in [7, 11) is 0. The summed E-state index contributed by atoms with van der Waals surface area (Å²) in [6.07, 6.45) is -0.0321. The predicted octanol–water partition coefficient (Wildman–Crippen LogP) is 3.19. The summed E-state index contributed by atoms with van der Waals surface area (Å²) in [5.74, 6) is -1.11. The summed E-state index contributed by atoms with van der Waals surface area (Å²) in [5, 5.41) is 3.27. The summed E-state index contributed by atoms with van der Waals surface area (Å²) in [4.78, 5) is 35.9. The van der Waals surface area contributed by atoms with Crippen LogP contribution in [0, 0.1) is 0 Å². The van der Waals surface area contributed by atoms with Gasteiger partial charge >= 0.3 is 0 Å². The minimum absolute atomic E-state index is 0.0321. The molecule has 0 saturated heterocycles. The van der Waals surface area contributed by atoms with Crippen molar-refractivity contribution in [2.45, 2.75) is 19.4 Å². The zero-order chi connectivity index (χ0) is 18.4. The molecule has 1 heterocycles. The fraction of sp³-hybridized carbons (Fsp3) is 0.188.